The molecule has 3 heterocycles. The summed E-state index contributed by atoms with van der Waals surface area (Å²) in [6.45, 7) is 4.45. The van der Waals surface area contributed by atoms with Crippen LogP contribution in [0.1, 0.15) is 39.9 Å². The van der Waals surface area contributed by atoms with Gasteiger partial charge in [0.15, 0.2) is 0 Å². The molecule has 1 aliphatic rings. The molecule has 1 amide bonds. The highest BCUT2D eigenvalue weighted by atomic mass is 79.9. The Balaban J connectivity index is 1.63. The minimum absolute atomic E-state index is 0.0810. The van der Waals surface area contributed by atoms with Crippen molar-refractivity contribution in [2.75, 3.05) is 24.6 Å². The fraction of sp³-hybridized carbons (Fsp3) is 0.421. The van der Waals surface area contributed by atoms with E-state index in [-0.39, 0.29) is 19.1 Å². The van der Waals surface area contributed by atoms with Crippen LogP contribution in [-0.4, -0.2) is 53.8 Å². The van der Waals surface area contributed by atoms with Gasteiger partial charge >= 0.3 is 5.97 Å². The number of esters is 1. The lowest BCUT2D eigenvalue weighted by molar-refractivity contribution is 0.0526. The first-order chi connectivity index (χ1) is 13.4. The minimum Gasteiger partial charge on any atom is -0.462 e. The van der Waals surface area contributed by atoms with Crippen molar-refractivity contribution in [3.8, 4) is 0 Å². The summed E-state index contributed by atoms with van der Waals surface area (Å²) in [6, 6.07) is 4.26. The van der Waals surface area contributed by atoms with Gasteiger partial charge in [-0.05, 0) is 54.4 Å². The maximum Gasteiger partial charge on any atom is 0.338 e. The first-order valence-corrected chi connectivity index (χ1v) is 9.86. The number of hydrogen-bond acceptors (Lipinski definition) is 5. The molecule has 0 aliphatic carbocycles. The van der Waals surface area contributed by atoms with Crippen LogP contribution in [0.2, 0.25) is 0 Å². The lowest BCUT2D eigenvalue weighted by atomic mass is 10.0. The fourth-order valence-electron chi connectivity index (χ4n) is 3.11. The van der Waals surface area contributed by atoms with Crippen LogP contribution in [-0.2, 0) is 4.74 Å². The van der Waals surface area contributed by atoms with Gasteiger partial charge in [0.2, 0.25) is 0 Å². The first-order valence-electron chi connectivity index (χ1n) is 9.07. The van der Waals surface area contributed by atoms with Crippen LogP contribution in [0, 0.1) is 6.92 Å². The SMILES string of the molecule is CCOC(=O)c1ccnc(N2CC[C@@H](NC(=O)c3cc(Br)c(C)[nH]3)[C@@H](F)C2)c1. The Morgan fingerprint density at radius 1 is 1.46 bits per heavy atom. The van der Waals surface area contributed by atoms with Crippen LogP contribution in [0.3, 0.4) is 0 Å². The molecule has 7 nitrogen and oxygen atoms in total. The number of halogens is 2. The number of ether oxygens (including phenoxy) is 1. The van der Waals surface area contributed by atoms with Crippen molar-refractivity contribution in [2.45, 2.75) is 32.5 Å². The zero-order valence-corrected chi connectivity index (χ0v) is 17.3. The van der Waals surface area contributed by atoms with E-state index in [0.717, 1.165) is 10.2 Å². The molecule has 0 saturated carbocycles. The van der Waals surface area contributed by atoms with E-state index in [2.05, 4.69) is 31.2 Å². The Morgan fingerprint density at radius 3 is 2.89 bits per heavy atom. The smallest absolute Gasteiger partial charge is 0.338 e. The van der Waals surface area contributed by atoms with Crippen LogP contribution < -0.4 is 10.2 Å². The number of carbonyl (C=O) groups excluding carboxylic acids is 2. The van der Waals surface area contributed by atoms with E-state index < -0.39 is 18.2 Å². The van der Waals surface area contributed by atoms with Crippen LogP contribution in [0.5, 0.6) is 0 Å². The van der Waals surface area contributed by atoms with Gasteiger partial charge in [-0.15, -0.1) is 0 Å². The fourth-order valence-corrected chi connectivity index (χ4v) is 3.44. The second kappa shape index (κ2) is 8.72. The summed E-state index contributed by atoms with van der Waals surface area (Å²) in [4.78, 5) is 33.2. The van der Waals surface area contributed by atoms with Crippen molar-refractivity contribution >= 4 is 33.6 Å². The standard InChI is InChI=1S/C19H22BrFN4O3/c1-3-28-19(27)12-4-6-22-17(8-12)25-7-5-15(14(21)10-25)24-18(26)16-9-13(20)11(2)23-16/h4,6,8-9,14-15,23H,3,5,7,10H2,1-2H3,(H,24,26)/t14-,15+/m0/s1. The summed E-state index contributed by atoms with van der Waals surface area (Å²) in [5, 5.41) is 2.76. The molecule has 0 unspecified atom stereocenters. The van der Waals surface area contributed by atoms with Crippen LogP contribution in [0.25, 0.3) is 0 Å². The molecule has 2 N–H and O–H groups in total. The molecule has 0 bridgehead atoms. The van der Waals surface area contributed by atoms with E-state index in [9.17, 15) is 14.0 Å². The van der Waals surface area contributed by atoms with Gasteiger partial charge in [0.05, 0.1) is 24.8 Å². The largest absolute Gasteiger partial charge is 0.462 e. The lowest BCUT2D eigenvalue weighted by Crippen LogP contribution is -2.52. The molecule has 2 aromatic heterocycles. The zero-order valence-electron chi connectivity index (χ0n) is 15.7. The Hall–Kier alpha value is -2.42. The van der Waals surface area contributed by atoms with E-state index in [0.29, 0.717) is 30.0 Å². The molecule has 9 heteroatoms. The molecule has 1 aliphatic heterocycles. The Bertz CT molecular complexity index is 853. The molecule has 0 aromatic carbocycles. The number of aryl methyl sites for hydroxylation is 1. The number of aromatic nitrogens is 2. The first kappa shape index (κ1) is 20.3. The molecule has 3 rings (SSSR count). The van der Waals surface area contributed by atoms with Crippen LogP contribution >= 0.6 is 15.9 Å². The highest BCUT2D eigenvalue weighted by Gasteiger charge is 2.31. The highest BCUT2D eigenvalue weighted by Crippen LogP contribution is 2.22. The molecule has 0 radical (unpaired) electrons. The summed E-state index contributed by atoms with van der Waals surface area (Å²) in [6.07, 6.45) is 0.679. The van der Waals surface area contributed by atoms with E-state index in [1.54, 1.807) is 30.0 Å². The Morgan fingerprint density at radius 2 is 2.25 bits per heavy atom. The maximum atomic E-state index is 14.7. The number of alkyl halides is 1. The number of piperidine rings is 1. The topological polar surface area (TPSA) is 87.3 Å². The number of carbonyl (C=O) groups is 2. The third-order valence-electron chi connectivity index (χ3n) is 4.63. The quantitative estimate of drug-likeness (QED) is 0.680. The molecule has 1 saturated heterocycles. The van der Waals surface area contributed by atoms with Gasteiger partial charge in [-0.3, -0.25) is 4.79 Å². The summed E-state index contributed by atoms with van der Waals surface area (Å²) < 4.78 is 20.5. The van der Waals surface area contributed by atoms with E-state index in [4.69, 9.17) is 4.74 Å². The van der Waals surface area contributed by atoms with Gasteiger partial charge in [-0.25, -0.2) is 14.2 Å². The van der Waals surface area contributed by atoms with Crippen molar-refractivity contribution in [1.82, 2.24) is 15.3 Å². The lowest BCUT2D eigenvalue weighted by Gasteiger charge is -2.35. The van der Waals surface area contributed by atoms with Gasteiger partial charge < -0.3 is 19.9 Å². The predicted octanol–water partition coefficient (Wildman–Crippen LogP) is 3.00. The van der Waals surface area contributed by atoms with Crippen molar-refractivity contribution in [3.63, 3.8) is 0 Å². The molecule has 28 heavy (non-hydrogen) atoms. The van der Waals surface area contributed by atoms with Crippen LogP contribution in [0.4, 0.5) is 10.2 Å². The van der Waals surface area contributed by atoms with E-state index in [1.165, 1.54) is 6.20 Å². The number of anilines is 1. The number of aromatic amines is 1. The number of rotatable bonds is 5. The monoisotopic (exact) mass is 452 g/mol. The molecule has 0 spiro atoms. The second-order valence-corrected chi connectivity index (χ2v) is 7.46. The van der Waals surface area contributed by atoms with Crippen molar-refractivity contribution in [3.05, 3.63) is 45.8 Å². The van der Waals surface area contributed by atoms with Crippen LogP contribution in [0.15, 0.2) is 28.9 Å². The summed E-state index contributed by atoms with van der Waals surface area (Å²) >= 11 is 3.35. The average molecular weight is 453 g/mol. The van der Waals surface area contributed by atoms with Crippen molar-refractivity contribution < 1.29 is 18.7 Å². The van der Waals surface area contributed by atoms with E-state index in [1.807, 2.05) is 6.92 Å². The minimum atomic E-state index is -1.26. The maximum absolute atomic E-state index is 14.7. The highest BCUT2D eigenvalue weighted by molar-refractivity contribution is 9.10. The number of hydrogen-bond donors (Lipinski definition) is 2. The van der Waals surface area contributed by atoms with Gasteiger partial charge in [-0.1, -0.05) is 0 Å². The molecular formula is C19H22BrFN4O3. The number of nitrogens with zero attached hydrogens (tertiary/aromatic N) is 2. The Labute approximate surface area is 170 Å². The number of H-pyrrole nitrogens is 1. The molecule has 2 aromatic rings. The average Bonchev–Trinajstić information content (AvgIpc) is 3.02. The molecule has 150 valence electrons. The summed E-state index contributed by atoms with van der Waals surface area (Å²) in [5.41, 5.74) is 1.61. The molecule has 1 fully saturated rings. The number of amides is 1. The third-order valence-corrected chi connectivity index (χ3v) is 5.46. The van der Waals surface area contributed by atoms with Gasteiger partial charge in [0, 0.05) is 22.9 Å². The van der Waals surface area contributed by atoms with Gasteiger partial charge in [0.25, 0.3) is 5.91 Å². The number of pyridine rings is 1. The third kappa shape index (κ3) is 4.52. The summed E-state index contributed by atoms with van der Waals surface area (Å²) in [7, 11) is 0. The second-order valence-electron chi connectivity index (χ2n) is 6.61. The van der Waals surface area contributed by atoms with E-state index >= 15 is 0 Å². The number of nitrogens with one attached hydrogen (secondary N) is 2. The van der Waals surface area contributed by atoms with Crippen molar-refractivity contribution in [2.24, 2.45) is 0 Å². The predicted molar refractivity (Wildman–Crippen MR) is 106 cm³/mol. The van der Waals surface area contributed by atoms with Gasteiger partial charge in [0.1, 0.15) is 17.7 Å². The Kier molecular flexibility index (Phi) is 6.33. The molecule has 2 atom stereocenters. The zero-order chi connectivity index (χ0) is 20.3. The molecular weight excluding hydrogens is 431 g/mol. The summed E-state index contributed by atoms with van der Waals surface area (Å²) in [5.74, 6) is -0.253. The van der Waals surface area contributed by atoms with Crippen molar-refractivity contribution in [1.29, 1.82) is 0 Å². The normalized spacial score (nSPS) is 19.4. The van der Waals surface area contributed by atoms with Gasteiger partial charge in [-0.2, -0.15) is 0 Å².